The number of carbonyl (C=O) groups excluding carboxylic acids is 1. The minimum Gasteiger partial charge on any atom is -0.493 e. The van der Waals surface area contributed by atoms with Crippen LogP contribution in [0.25, 0.3) is 6.08 Å². The molecule has 1 amide bonds. The number of ether oxygens (including phenoxy) is 4. The van der Waals surface area contributed by atoms with Crippen LogP contribution in [-0.4, -0.2) is 50.1 Å². The molecule has 0 aromatic heterocycles. The lowest BCUT2D eigenvalue weighted by molar-refractivity contribution is -0.114. The highest BCUT2D eigenvalue weighted by molar-refractivity contribution is 6.32. The molecule has 0 spiro atoms. The lowest BCUT2D eigenvalue weighted by atomic mass is 10.1. The molecule has 0 saturated heterocycles. The number of methoxy groups -OCH3 is 2. The molecule has 0 saturated carbocycles. The van der Waals surface area contributed by atoms with Crippen molar-refractivity contribution in [2.24, 2.45) is 4.99 Å². The maximum absolute atomic E-state index is 12.6. The van der Waals surface area contributed by atoms with Crippen LogP contribution >= 0.6 is 0 Å². The standard InChI is InChI=1S/C27H27N3O6/c1-5-8-19-9-6-7-10-21(19)34-11-12-35-25-22(32-3)15-18(16-23(25)33-4)14-20-26(28)30-24(29-27(20)31)13-17(2)36-30/h5-7,9-10,13-16,28H,1,8,11-12H2,2-4H3/b20-14-,28-26?. The van der Waals surface area contributed by atoms with E-state index in [1.807, 2.05) is 30.3 Å². The Balaban J connectivity index is 1.50. The quantitative estimate of drug-likeness (QED) is 0.301. The van der Waals surface area contributed by atoms with Crippen molar-refractivity contribution in [3.8, 4) is 23.0 Å². The molecule has 2 aliphatic rings. The number of allylic oxidation sites excluding steroid dienone is 2. The Kier molecular flexibility index (Phi) is 7.39. The van der Waals surface area contributed by atoms with Crippen molar-refractivity contribution < 1.29 is 28.6 Å². The number of hydroxylamine groups is 2. The average molecular weight is 490 g/mol. The summed E-state index contributed by atoms with van der Waals surface area (Å²) < 4.78 is 22.9. The van der Waals surface area contributed by atoms with Gasteiger partial charge in [0.1, 0.15) is 24.7 Å². The zero-order chi connectivity index (χ0) is 25.7. The van der Waals surface area contributed by atoms with Crippen molar-refractivity contribution >= 4 is 23.7 Å². The number of nitrogens with zero attached hydrogens (tertiary/aromatic N) is 2. The van der Waals surface area contributed by atoms with Crippen LogP contribution in [0, 0.1) is 5.41 Å². The number of carbonyl (C=O) groups is 1. The first-order valence-electron chi connectivity index (χ1n) is 11.3. The normalized spacial score (nSPS) is 15.6. The molecule has 9 nitrogen and oxygen atoms in total. The Morgan fingerprint density at radius 2 is 1.78 bits per heavy atom. The van der Waals surface area contributed by atoms with Gasteiger partial charge in [0.05, 0.1) is 19.8 Å². The average Bonchev–Trinajstić information content (AvgIpc) is 3.25. The number of aliphatic imine (C=N–C) groups is 1. The maximum Gasteiger partial charge on any atom is 0.282 e. The molecule has 9 heteroatoms. The third-order valence-electron chi connectivity index (χ3n) is 5.40. The molecule has 0 unspecified atom stereocenters. The molecule has 2 aliphatic heterocycles. The Labute approximate surface area is 209 Å². The molecule has 0 bridgehead atoms. The van der Waals surface area contributed by atoms with Gasteiger partial charge in [-0.2, -0.15) is 4.99 Å². The summed E-state index contributed by atoms with van der Waals surface area (Å²) in [7, 11) is 3.02. The lowest BCUT2D eigenvalue weighted by Crippen LogP contribution is -2.38. The minimum atomic E-state index is -0.534. The number of benzene rings is 2. The second-order valence-corrected chi connectivity index (χ2v) is 7.87. The van der Waals surface area contributed by atoms with Crippen LogP contribution in [0.15, 0.2) is 71.5 Å². The van der Waals surface area contributed by atoms with Crippen molar-refractivity contribution in [3.05, 3.63) is 77.6 Å². The van der Waals surface area contributed by atoms with Gasteiger partial charge in [-0.25, -0.2) is 0 Å². The smallest absolute Gasteiger partial charge is 0.282 e. The summed E-state index contributed by atoms with van der Waals surface area (Å²) in [6, 6.07) is 11.2. The van der Waals surface area contributed by atoms with Gasteiger partial charge in [-0.05, 0) is 48.7 Å². The van der Waals surface area contributed by atoms with Crippen LogP contribution in [-0.2, 0) is 16.1 Å². The lowest BCUT2D eigenvalue weighted by Gasteiger charge is -2.23. The van der Waals surface area contributed by atoms with E-state index in [1.54, 1.807) is 25.1 Å². The summed E-state index contributed by atoms with van der Waals surface area (Å²) >= 11 is 0. The predicted molar refractivity (Wildman–Crippen MR) is 136 cm³/mol. The highest BCUT2D eigenvalue weighted by atomic mass is 16.7. The summed E-state index contributed by atoms with van der Waals surface area (Å²) in [5, 5.41) is 9.61. The molecular weight excluding hydrogens is 462 g/mol. The zero-order valence-corrected chi connectivity index (χ0v) is 20.4. The van der Waals surface area contributed by atoms with E-state index >= 15 is 0 Å². The fourth-order valence-electron chi connectivity index (χ4n) is 3.76. The SMILES string of the molecule is C=CCc1ccccc1OCCOc1c(OC)cc(/C=C2/C(=N)N3OC(C)=CC3=NC2=O)cc1OC. The molecular formula is C27H27N3O6. The minimum absolute atomic E-state index is 0.0752. The molecule has 0 fully saturated rings. The first-order chi connectivity index (χ1) is 17.4. The van der Waals surface area contributed by atoms with E-state index in [0.29, 0.717) is 41.6 Å². The molecule has 2 heterocycles. The van der Waals surface area contributed by atoms with Crippen LogP contribution < -0.4 is 18.9 Å². The summed E-state index contributed by atoms with van der Waals surface area (Å²) in [5.74, 6) is 2.18. The van der Waals surface area contributed by atoms with Crippen LogP contribution in [0.2, 0.25) is 0 Å². The summed E-state index contributed by atoms with van der Waals surface area (Å²) in [6.45, 7) is 6.06. The summed E-state index contributed by atoms with van der Waals surface area (Å²) in [6.07, 6.45) is 5.68. The van der Waals surface area contributed by atoms with E-state index in [9.17, 15) is 4.79 Å². The fourth-order valence-corrected chi connectivity index (χ4v) is 3.76. The van der Waals surface area contributed by atoms with Crippen molar-refractivity contribution in [1.82, 2.24) is 5.06 Å². The van der Waals surface area contributed by atoms with Gasteiger partial charge in [-0.15, -0.1) is 11.6 Å². The Morgan fingerprint density at radius 1 is 1.08 bits per heavy atom. The molecule has 1 N–H and O–H groups in total. The van der Waals surface area contributed by atoms with Gasteiger partial charge in [-0.1, -0.05) is 24.3 Å². The van der Waals surface area contributed by atoms with Crippen molar-refractivity contribution in [2.75, 3.05) is 27.4 Å². The number of fused-ring (bicyclic) bond motifs is 1. The number of hydrogen-bond acceptors (Lipinski definition) is 7. The van der Waals surface area contributed by atoms with E-state index < -0.39 is 5.91 Å². The number of hydrogen-bond donors (Lipinski definition) is 1. The summed E-state index contributed by atoms with van der Waals surface area (Å²) in [4.78, 5) is 22.1. The first-order valence-corrected chi connectivity index (χ1v) is 11.3. The number of amidine groups is 2. The first kappa shape index (κ1) is 24.6. The van der Waals surface area contributed by atoms with E-state index in [1.165, 1.54) is 25.4 Å². The van der Waals surface area contributed by atoms with E-state index in [2.05, 4.69) is 11.6 Å². The highest BCUT2D eigenvalue weighted by Gasteiger charge is 2.34. The monoisotopic (exact) mass is 489 g/mol. The van der Waals surface area contributed by atoms with Crippen LogP contribution in [0.5, 0.6) is 23.0 Å². The molecule has 186 valence electrons. The predicted octanol–water partition coefficient (Wildman–Crippen LogP) is 4.34. The van der Waals surface area contributed by atoms with Gasteiger partial charge in [-0.3, -0.25) is 10.2 Å². The van der Waals surface area contributed by atoms with Crippen LogP contribution in [0.4, 0.5) is 0 Å². The van der Waals surface area contributed by atoms with Crippen molar-refractivity contribution in [3.63, 3.8) is 0 Å². The Morgan fingerprint density at radius 3 is 2.47 bits per heavy atom. The molecule has 4 rings (SSSR count). The van der Waals surface area contributed by atoms with Crippen LogP contribution in [0.3, 0.4) is 0 Å². The van der Waals surface area contributed by atoms with Crippen molar-refractivity contribution in [2.45, 2.75) is 13.3 Å². The Hall–Kier alpha value is -4.53. The topological polar surface area (TPSA) is 103 Å². The largest absolute Gasteiger partial charge is 0.493 e. The zero-order valence-electron chi connectivity index (χ0n) is 20.4. The summed E-state index contributed by atoms with van der Waals surface area (Å²) in [5.41, 5.74) is 1.69. The third kappa shape index (κ3) is 5.10. The molecule has 2 aromatic rings. The van der Waals surface area contributed by atoms with Gasteiger partial charge in [0.25, 0.3) is 5.91 Å². The van der Waals surface area contributed by atoms with Gasteiger partial charge < -0.3 is 23.8 Å². The van der Waals surface area contributed by atoms with Crippen LogP contribution in [0.1, 0.15) is 18.1 Å². The van der Waals surface area contributed by atoms with Gasteiger partial charge in [0.2, 0.25) is 5.75 Å². The Bertz CT molecular complexity index is 1270. The molecule has 0 radical (unpaired) electrons. The van der Waals surface area contributed by atoms with Gasteiger partial charge in [0.15, 0.2) is 23.2 Å². The number of para-hydroxylation sites is 1. The number of nitrogens with one attached hydrogen (secondary N) is 1. The van der Waals surface area contributed by atoms with Gasteiger partial charge >= 0.3 is 0 Å². The van der Waals surface area contributed by atoms with E-state index in [0.717, 1.165) is 11.3 Å². The van der Waals surface area contributed by atoms with E-state index in [4.69, 9.17) is 29.2 Å². The number of rotatable bonds is 10. The maximum atomic E-state index is 12.6. The highest BCUT2D eigenvalue weighted by Crippen LogP contribution is 2.39. The molecule has 36 heavy (non-hydrogen) atoms. The molecule has 0 atom stereocenters. The molecule has 0 aliphatic carbocycles. The fraction of sp³-hybridized carbons (Fsp3) is 0.222. The molecule has 2 aromatic carbocycles. The van der Waals surface area contributed by atoms with E-state index in [-0.39, 0.29) is 23.9 Å². The third-order valence-corrected chi connectivity index (χ3v) is 5.40. The second-order valence-electron chi connectivity index (χ2n) is 7.87. The van der Waals surface area contributed by atoms with Crippen molar-refractivity contribution in [1.29, 1.82) is 5.41 Å². The number of amides is 1. The van der Waals surface area contributed by atoms with Gasteiger partial charge in [0, 0.05) is 6.08 Å². The second kappa shape index (κ2) is 10.8.